The maximum atomic E-state index is 13.1. The summed E-state index contributed by atoms with van der Waals surface area (Å²) in [6.07, 6.45) is 1.70. The second kappa shape index (κ2) is 8.52. The largest absolute Gasteiger partial charge is 0.382 e. The van der Waals surface area contributed by atoms with Crippen molar-refractivity contribution >= 4 is 15.5 Å². The first kappa shape index (κ1) is 18.1. The van der Waals surface area contributed by atoms with Crippen LogP contribution in [-0.4, -0.2) is 76.8 Å². The fourth-order valence-electron chi connectivity index (χ4n) is 2.11. The van der Waals surface area contributed by atoms with E-state index in [1.54, 1.807) is 30.5 Å². The van der Waals surface area contributed by atoms with Gasteiger partial charge in [-0.2, -0.15) is 0 Å². The first-order chi connectivity index (χ1) is 9.43. The van der Waals surface area contributed by atoms with Crippen LogP contribution in [0, 0.1) is 0 Å². The Morgan fingerprint density at radius 1 is 1.45 bits per heavy atom. The molecule has 0 aliphatic carbocycles. The van der Waals surface area contributed by atoms with Gasteiger partial charge in [0.25, 0.3) is 0 Å². The van der Waals surface area contributed by atoms with E-state index in [2.05, 4.69) is 6.92 Å². The van der Waals surface area contributed by atoms with Gasteiger partial charge in [-0.05, 0) is 20.5 Å². The average Bonchev–Trinajstić information content (AvgIpc) is 2.38. The number of morpholine rings is 1. The van der Waals surface area contributed by atoms with Crippen molar-refractivity contribution in [2.24, 2.45) is 0 Å². The number of methoxy groups -OCH3 is 1. The van der Waals surface area contributed by atoms with Crippen molar-refractivity contribution in [3.05, 3.63) is 0 Å². The van der Waals surface area contributed by atoms with Crippen molar-refractivity contribution in [1.29, 1.82) is 0 Å². The van der Waals surface area contributed by atoms with Crippen molar-refractivity contribution in [2.45, 2.75) is 31.9 Å². The predicted molar refractivity (Wildman–Crippen MR) is 80.0 cm³/mol. The summed E-state index contributed by atoms with van der Waals surface area (Å²) >= 11 is 0. The third-order valence-corrected chi connectivity index (χ3v) is 5.72. The number of ether oxygens (including phenoxy) is 2. The molecule has 0 spiro atoms. The SMILES string of the molecule is [B]C1CN(P(=O)(OCCCC)N(C)C)CC(COC)O1. The maximum Gasteiger partial charge on any atom is 0.345 e. The van der Waals surface area contributed by atoms with Crippen molar-refractivity contribution < 1.29 is 18.6 Å². The Labute approximate surface area is 123 Å². The molecule has 0 bridgehead atoms. The van der Waals surface area contributed by atoms with Crippen molar-refractivity contribution in [3.63, 3.8) is 0 Å². The minimum atomic E-state index is -3.04. The summed E-state index contributed by atoms with van der Waals surface area (Å²) < 4.78 is 32.9. The summed E-state index contributed by atoms with van der Waals surface area (Å²) in [5.41, 5.74) is 0. The van der Waals surface area contributed by atoms with E-state index >= 15 is 0 Å². The van der Waals surface area contributed by atoms with E-state index in [4.69, 9.17) is 21.8 Å². The summed E-state index contributed by atoms with van der Waals surface area (Å²) in [5, 5.41) is 0. The van der Waals surface area contributed by atoms with Gasteiger partial charge in [0.15, 0.2) is 0 Å². The molecule has 1 heterocycles. The fourth-order valence-corrected chi connectivity index (χ4v) is 4.14. The molecule has 0 amide bonds. The Hall–Kier alpha value is 0.0949. The molecule has 8 heteroatoms. The Morgan fingerprint density at radius 3 is 2.70 bits per heavy atom. The van der Waals surface area contributed by atoms with Gasteiger partial charge in [-0.1, -0.05) is 13.3 Å². The number of rotatable bonds is 8. The van der Waals surface area contributed by atoms with Crippen LogP contribution in [0.2, 0.25) is 0 Å². The molecule has 6 nitrogen and oxygen atoms in total. The molecule has 0 saturated carbocycles. The van der Waals surface area contributed by atoms with Gasteiger partial charge in [-0.3, -0.25) is 4.57 Å². The first-order valence-corrected chi connectivity index (χ1v) is 8.54. The highest BCUT2D eigenvalue weighted by atomic mass is 31.2. The Kier molecular flexibility index (Phi) is 7.73. The molecule has 3 unspecified atom stereocenters. The fraction of sp³-hybridized carbons (Fsp3) is 1.00. The quantitative estimate of drug-likeness (QED) is 0.383. The lowest BCUT2D eigenvalue weighted by atomic mass is 9.98. The molecule has 0 N–H and O–H groups in total. The maximum absolute atomic E-state index is 13.1. The van der Waals surface area contributed by atoms with Crippen LogP contribution in [0.1, 0.15) is 19.8 Å². The van der Waals surface area contributed by atoms with Crippen LogP contribution in [0.25, 0.3) is 0 Å². The predicted octanol–water partition coefficient (Wildman–Crippen LogP) is 1.31. The van der Waals surface area contributed by atoms with Crippen LogP contribution < -0.4 is 0 Å². The van der Waals surface area contributed by atoms with E-state index in [0.29, 0.717) is 26.3 Å². The molecule has 2 radical (unpaired) electrons. The van der Waals surface area contributed by atoms with Crippen LogP contribution in [0.5, 0.6) is 0 Å². The van der Waals surface area contributed by atoms with Gasteiger partial charge in [-0.25, -0.2) is 9.34 Å². The number of hydrogen-bond donors (Lipinski definition) is 0. The highest BCUT2D eigenvalue weighted by Gasteiger charge is 2.39. The molecule has 1 aliphatic heterocycles. The summed E-state index contributed by atoms with van der Waals surface area (Å²) in [4.78, 5) is 0. The van der Waals surface area contributed by atoms with E-state index in [0.717, 1.165) is 12.8 Å². The topological polar surface area (TPSA) is 51.2 Å². The van der Waals surface area contributed by atoms with Gasteiger partial charge in [-0.15, -0.1) is 0 Å². The van der Waals surface area contributed by atoms with E-state index in [1.165, 1.54) is 0 Å². The van der Waals surface area contributed by atoms with Crippen molar-refractivity contribution in [3.8, 4) is 0 Å². The standard InChI is InChI=1S/C12H26BN2O4P/c1-5-6-7-18-20(16,14(2)3)15-8-11(10-17-4)19-12(13)9-15/h11-12H,5-10H2,1-4H3. The van der Waals surface area contributed by atoms with Crippen LogP contribution in [0.4, 0.5) is 0 Å². The smallest absolute Gasteiger partial charge is 0.345 e. The van der Waals surface area contributed by atoms with Gasteiger partial charge >= 0.3 is 7.67 Å². The normalized spacial score (nSPS) is 27.6. The zero-order valence-electron chi connectivity index (χ0n) is 12.9. The Morgan fingerprint density at radius 2 is 2.15 bits per heavy atom. The van der Waals surface area contributed by atoms with Gasteiger partial charge in [0.2, 0.25) is 0 Å². The number of nitrogens with zero attached hydrogens (tertiary/aromatic N) is 2. The molecule has 1 aliphatic rings. The number of unbranched alkanes of at least 4 members (excludes halogenated alkanes) is 1. The molecular formula is C12H26BN2O4P. The van der Waals surface area contributed by atoms with Crippen molar-refractivity contribution in [2.75, 3.05) is 47.5 Å². The van der Waals surface area contributed by atoms with E-state index < -0.39 is 13.7 Å². The first-order valence-electron chi connectivity index (χ1n) is 7.01. The number of hydrogen-bond acceptors (Lipinski definition) is 4. The molecule has 3 atom stereocenters. The summed E-state index contributed by atoms with van der Waals surface area (Å²) in [6.45, 7) is 3.86. The lowest BCUT2D eigenvalue weighted by Crippen LogP contribution is -2.49. The van der Waals surface area contributed by atoms with Gasteiger partial charge in [0.05, 0.1) is 19.3 Å². The minimum absolute atomic E-state index is 0.188. The second-order valence-electron chi connectivity index (χ2n) is 5.15. The molecular weight excluding hydrogens is 278 g/mol. The molecule has 0 aromatic heterocycles. The van der Waals surface area contributed by atoms with E-state index in [-0.39, 0.29) is 6.10 Å². The molecule has 116 valence electrons. The third kappa shape index (κ3) is 4.83. The Bertz CT molecular complexity index is 333. The van der Waals surface area contributed by atoms with Crippen LogP contribution in [0.3, 0.4) is 0 Å². The van der Waals surface area contributed by atoms with Crippen molar-refractivity contribution in [1.82, 2.24) is 9.34 Å². The highest BCUT2D eigenvalue weighted by molar-refractivity contribution is 7.53. The highest BCUT2D eigenvalue weighted by Crippen LogP contribution is 2.53. The summed E-state index contributed by atoms with van der Waals surface area (Å²) in [5.74, 6) is 0. The van der Waals surface area contributed by atoms with Gasteiger partial charge in [0, 0.05) is 26.2 Å². The van der Waals surface area contributed by atoms with Gasteiger partial charge < -0.3 is 14.0 Å². The summed E-state index contributed by atoms with van der Waals surface area (Å²) in [7, 11) is 7.97. The molecule has 0 aromatic rings. The van der Waals surface area contributed by atoms with Crippen LogP contribution in [0.15, 0.2) is 0 Å². The molecule has 1 rings (SSSR count). The second-order valence-corrected chi connectivity index (χ2v) is 7.75. The summed E-state index contributed by atoms with van der Waals surface area (Å²) in [6, 6.07) is -0.480. The molecule has 20 heavy (non-hydrogen) atoms. The van der Waals surface area contributed by atoms with Crippen LogP contribution >= 0.6 is 7.67 Å². The molecule has 1 fully saturated rings. The van der Waals surface area contributed by atoms with Crippen LogP contribution in [-0.2, 0) is 18.6 Å². The zero-order valence-corrected chi connectivity index (χ0v) is 13.8. The molecule has 0 aromatic carbocycles. The monoisotopic (exact) mass is 304 g/mol. The third-order valence-electron chi connectivity index (χ3n) is 3.15. The van der Waals surface area contributed by atoms with E-state index in [9.17, 15) is 4.57 Å². The molecule has 1 saturated heterocycles. The lowest BCUT2D eigenvalue weighted by Gasteiger charge is -2.42. The Balaban J connectivity index is 2.76. The zero-order chi connectivity index (χ0) is 15.2. The average molecular weight is 304 g/mol. The lowest BCUT2D eigenvalue weighted by molar-refractivity contribution is -0.0631. The van der Waals surface area contributed by atoms with Gasteiger partial charge in [0.1, 0.15) is 7.85 Å². The minimum Gasteiger partial charge on any atom is -0.382 e. The van der Waals surface area contributed by atoms with E-state index in [1.807, 2.05) is 0 Å².